The number of hydrogen-bond acceptors (Lipinski definition) is 5. The molecule has 0 N–H and O–H groups in total. The molecule has 0 saturated carbocycles. The molecule has 0 radical (unpaired) electrons. The van der Waals surface area contributed by atoms with Crippen LogP contribution in [0, 0.1) is 15.9 Å². The molecule has 0 amide bonds. The van der Waals surface area contributed by atoms with Gasteiger partial charge in [0, 0.05) is 23.3 Å². The maximum Gasteiger partial charge on any atom is 0.269 e. The molecule has 0 fully saturated rings. The number of nitro benzene ring substituents is 1. The number of nitrogens with zero attached hydrogens (tertiary/aromatic N) is 1. The lowest BCUT2D eigenvalue weighted by molar-refractivity contribution is -0.384. The van der Waals surface area contributed by atoms with Crippen LogP contribution in [-0.2, 0) is 18.0 Å². The first-order chi connectivity index (χ1) is 10.6. The van der Waals surface area contributed by atoms with Gasteiger partial charge in [-0.05, 0) is 24.3 Å². The van der Waals surface area contributed by atoms with Crippen molar-refractivity contribution in [3.8, 4) is 11.5 Å². The summed E-state index contributed by atoms with van der Waals surface area (Å²) < 4.78 is 29.6. The molecule has 114 valence electrons. The van der Waals surface area contributed by atoms with E-state index in [0.717, 1.165) is 0 Å². The van der Waals surface area contributed by atoms with E-state index in [0.29, 0.717) is 22.6 Å². The van der Waals surface area contributed by atoms with Crippen molar-refractivity contribution in [3.63, 3.8) is 0 Å². The van der Waals surface area contributed by atoms with E-state index in [4.69, 9.17) is 14.2 Å². The zero-order chi connectivity index (χ0) is 15.5. The molecule has 7 heteroatoms. The van der Waals surface area contributed by atoms with Gasteiger partial charge in [0.15, 0.2) is 6.79 Å². The fourth-order valence-corrected chi connectivity index (χ4v) is 2.19. The number of nitro groups is 1. The second-order valence-corrected chi connectivity index (χ2v) is 4.70. The van der Waals surface area contributed by atoms with E-state index >= 15 is 0 Å². The molecule has 0 atom stereocenters. The van der Waals surface area contributed by atoms with Gasteiger partial charge in [0.1, 0.15) is 23.9 Å². The topological polar surface area (TPSA) is 70.8 Å². The summed E-state index contributed by atoms with van der Waals surface area (Å²) in [4.78, 5) is 10.1. The summed E-state index contributed by atoms with van der Waals surface area (Å²) in [6, 6.07) is 8.39. The fraction of sp³-hybridized carbons (Fsp3) is 0.200. The lowest BCUT2D eigenvalue weighted by atomic mass is 10.1. The second-order valence-electron chi connectivity index (χ2n) is 4.70. The average Bonchev–Trinajstić information content (AvgIpc) is 2.52. The van der Waals surface area contributed by atoms with Crippen LogP contribution in [0.15, 0.2) is 36.4 Å². The van der Waals surface area contributed by atoms with Crippen molar-refractivity contribution >= 4 is 5.69 Å². The standard InChI is InChI=1S/C15H12FNO5/c16-12-5-10-7-20-9-22-15(10)11(6-12)8-21-14-3-1-13(2-4-14)17(18)19/h1-6H,7-9H2. The molecule has 0 bridgehead atoms. The second kappa shape index (κ2) is 5.98. The Morgan fingerprint density at radius 3 is 2.77 bits per heavy atom. The van der Waals surface area contributed by atoms with Gasteiger partial charge < -0.3 is 14.2 Å². The zero-order valence-corrected chi connectivity index (χ0v) is 11.5. The average molecular weight is 305 g/mol. The largest absolute Gasteiger partial charge is 0.489 e. The minimum Gasteiger partial charge on any atom is -0.489 e. The van der Waals surface area contributed by atoms with Crippen LogP contribution in [0.25, 0.3) is 0 Å². The third-order valence-electron chi connectivity index (χ3n) is 3.19. The van der Waals surface area contributed by atoms with Gasteiger partial charge in [-0.25, -0.2) is 4.39 Å². The van der Waals surface area contributed by atoms with Gasteiger partial charge in [0.2, 0.25) is 0 Å². The number of benzene rings is 2. The highest BCUT2D eigenvalue weighted by Gasteiger charge is 2.17. The van der Waals surface area contributed by atoms with E-state index in [1.807, 2.05) is 0 Å². The van der Waals surface area contributed by atoms with Gasteiger partial charge in [-0.3, -0.25) is 10.1 Å². The third-order valence-corrected chi connectivity index (χ3v) is 3.19. The highest BCUT2D eigenvalue weighted by molar-refractivity contribution is 5.43. The number of rotatable bonds is 4. The summed E-state index contributed by atoms with van der Waals surface area (Å²) in [6.07, 6.45) is 0. The van der Waals surface area contributed by atoms with Crippen LogP contribution in [0.3, 0.4) is 0 Å². The van der Waals surface area contributed by atoms with Crippen LogP contribution >= 0.6 is 0 Å². The lowest BCUT2D eigenvalue weighted by Crippen LogP contribution is -2.14. The molecule has 1 aliphatic rings. The SMILES string of the molecule is O=[N+]([O-])c1ccc(OCc2cc(F)cc3c2OCOC3)cc1. The molecule has 1 aliphatic heterocycles. The summed E-state index contributed by atoms with van der Waals surface area (Å²) in [5.41, 5.74) is 1.18. The minimum absolute atomic E-state index is 0.0176. The molecular formula is C15H12FNO5. The molecule has 0 unspecified atom stereocenters. The monoisotopic (exact) mass is 305 g/mol. The maximum atomic E-state index is 13.6. The molecule has 2 aromatic carbocycles. The van der Waals surface area contributed by atoms with Crippen molar-refractivity contribution in [2.24, 2.45) is 0 Å². The normalized spacial score (nSPS) is 13.1. The van der Waals surface area contributed by atoms with Crippen LogP contribution in [0.1, 0.15) is 11.1 Å². The summed E-state index contributed by atoms with van der Waals surface area (Å²) in [6.45, 7) is 0.499. The summed E-state index contributed by atoms with van der Waals surface area (Å²) in [5, 5.41) is 10.6. The Bertz CT molecular complexity index is 702. The zero-order valence-electron chi connectivity index (χ0n) is 11.5. The van der Waals surface area contributed by atoms with Crippen molar-refractivity contribution in [2.45, 2.75) is 13.2 Å². The quantitative estimate of drug-likeness (QED) is 0.641. The van der Waals surface area contributed by atoms with Crippen molar-refractivity contribution in [1.29, 1.82) is 0 Å². The Morgan fingerprint density at radius 2 is 2.05 bits per heavy atom. The molecule has 0 aliphatic carbocycles. The Labute approximate surface area is 125 Å². The first kappa shape index (κ1) is 14.3. The fourth-order valence-electron chi connectivity index (χ4n) is 2.19. The molecule has 6 nitrogen and oxygen atoms in total. The maximum absolute atomic E-state index is 13.6. The van der Waals surface area contributed by atoms with Gasteiger partial charge in [-0.15, -0.1) is 0 Å². The van der Waals surface area contributed by atoms with E-state index in [1.165, 1.54) is 36.4 Å². The van der Waals surface area contributed by atoms with Gasteiger partial charge >= 0.3 is 0 Å². The third kappa shape index (κ3) is 2.99. The van der Waals surface area contributed by atoms with Gasteiger partial charge in [-0.1, -0.05) is 0 Å². The first-order valence-electron chi connectivity index (χ1n) is 6.52. The van der Waals surface area contributed by atoms with Crippen LogP contribution in [0.5, 0.6) is 11.5 Å². The van der Waals surface area contributed by atoms with Crippen molar-refractivity contribution < 1.29 is 23.5 Å². The van der Waals surface area contributed by atoms with E-state index in [9.17, 15) is 14.5 Å². The highest BCUT2D eigenvalue weighted by atomic mass is 19.1. The molecule has 2 aromatic rings. The van der Waals surface area contributed by atoms with Crippen LogP contribution < -0.4 is 9.47 Å². The molecule has 0 spiro atoms. The van der Waals surface area contributed by atoms with Gasteiger partial charge in [0.25, 0.3) is 5.69 Å². The van der Waals surface area contributed by atoms with E-state index < -0.39 is 10.7 Å². The van der Waals surface area contributed by atoms with Gasteiger partial charge in [0.05, 0.1) is 11.5 Å². The predicted octanol–water partition coefficient (Wildman–Crippen LogP) is 3.18. The summed E-state index contributed by atoms with van der Waals surface area (Å²) in [7, 11) is 0. The number of ether oxygens (including phenoxy) is 3. The molecular weight excluding hydrogens is 293 g/mol. The number of halogens is 1. The molecule has 0 aromatic heterocycles. The first-order valence-corrected chi connectivity index (χ1v) is 6.52. The molecule has 0 saturated heterocycles. The van der Waals surface area contributed by atoms with Crippen molar-refractivity contribution in [1.82, 2.24) is 0 Å². The smallest absolute Gasteiger partial charge is 0.269 e. The number of fused-ring (bicyclic) bond motifs is 1. The van der Waals surface area contributed by atoms with E-state index in [-0.39, 0.29) is 25.7 Å². The lowest BCUT2D eigenvalue weighted by Gasteiger charge is -2.21. The van der Waals surface area contributed by atoms with Crippen LogP contribution in [0.4, 0.5) is 10.1 Å². The Morgan fingerprint density at radius 1 is 1.27 bits per heavy atom. The number of hydrogen-bond donors (Lipinski definition) is 0. The van der Waals surface area contributed by atoms with Crippen molar-refractivity contribution in [2.75, 3.05) is 6.79 Å². The van der Waals surface area contributed by atoms with Crippen LogP contribution in [0.2, 0.25) is 0 Å². The Hall–Kier alpha value is -2.67. The Kier molecular flexibility index (Phi) is 3.88. The highest BCUT2D eigenvalue weighted by Crippen LogP contribution is 2.30. The Balaban J connectivity index is 1.76. The summed E-state index contributed by atoms with van der Waals surface area (Å²) >= 11 is 0. The van der Waals surface area contributed by atoms with E-state index in [1.54, 1.807) is 0 Å². The van der Waals surface area contributed by atoms with E-state index in [2.05, 4.69) is 0 Å². The summed E-state index contributed by atoms with van der Waals surface area (Å²) in [5.74, 6) is 0.625. The van der Waals surface area contributed by atoms with Gasteiger partial charge in [-0.2, -0.15) is 0 Å². The molecule has 22 heavy (non-hydrogen) atoms. The van der Waals surface area contributed by atoms with Crippen molar-refractivity contribution in [3.05, 3.63) is 63.5 Å². The van der Waals surface area contributed by atoms with Crippen LogP contribution in [-0.4, -0.2) is 11.7 Å². The minimum atomic E-state index is -0.486. The predicted molar refractivity (Wildman–Crippen MR) is 74.1 cm³/mol. The molecule has 3 rings (SSSR count). The molecule has 1 heterocycles. The number of non-ortho nitro benzene ring substituents is 1.